The molecule has 2 aliphatic rings. The van der Waals surface area contributed by atoms with Gasteiger partial charge in [-0.05, 0) is 92.7 Å². The summed E-state index contributed by atoms with van der Waals surface area (Å²) in [6.45, 7) is 0.804. The number of halogens is 7. The van der Waals surface area contributed by atoms with E-state index in [9.17, 15) is 30.7 Å². The van der Waals surface area contributed by atoms with Crippen molar-refractivity contribution in [3.8, 4) is 5.75 Å². The molecule has 32 heavy (non-hydrogen) atoms. The highest BCUT2D eigenvalue weighted by Gasteiger charge is 2.59. The lowest BCUT2D eigenvalue weighted by atomic mass is 9.68. The van der Waals surface area contributed by atoms with Gasteiger partial charge in [-0.3, -0.25) is 0 Å². The Labute approximate surface area is 183 Å². The van der Waals surface area contributed by atoms with Gasteiger partial charge in [0.2, 0.25) is 0 Å². The Hall–Kier alpha value is -1.51. The number of hydrogen-bond acceptors (Lipinski definition) is 2. The van der Waals surface area contributed by atoms with Crippen molar-refractivity contribution in [2.45, 2.75) is 75.7 Å². The van der Waals surface area contributed by atoms with Gasteiger partial charge in [0, 0.05) is 13.7 Å². The summed E-state index contributed by atoms with van der Waals surface area (Å²) in [5, 5.41) is 0. The molecular weight excluding hydrogens is 441 g/mol. The van der Waals surface area contributed by atoms with Crippen LogP contribution in [0, 0.1) is 23.6 Å². The van der Waals surface area contributed by atoms with Gasteiger partial charge in [-0.2, -0.15) is 22.0 Å². The molecule has 0 N–H and O–H groups in total. The number of methoxy groups -OCH3 is 1. The quantitative estimate of drug-likeness (QED) is 0.386. The van der Waals surface area contributed by atoms with Crippen molar-refractivity contribution in [3.63, 3.8) is 0 Å². The van der Waals surface area contributed by atoms with Gasteiger partial charge in [-0.1, -0.05) is 6.07 Å². The molecule has 1 aromatic carbocycles. The molecule has 0 radical (unpaired) electrons. The van der Waals surface area contributed by atoms with E-state index in [1.165, 1.54) is 31.7 Å². The van der Waals surface area contributed by atoms with Crippen LogP contribution in [0.15, 0.2) is 18.2 Å². The maximum Gasteiger partial charge on any atom is 0.439 e. The molecule has 2 fully saturated rings. The summed E-state index contributed by atoms with van der Waals surface area (Å²) in [7, 11) is 1.72. The summed E-state index contributed by atoms with van der Waals surface area (Å²) >= 11 is 0. The normalized spacial score (nSPS) is 28.4. The van der Waals surface area contributed by atoms with Gasteiger partial charge in [0.25, 0.3) is 6.17 Å². The molecule has 1 atom stereocenters. The van der Waals surface area contributed by atoms with Crippen molar-refractivity contribution >= 4 is 0 Å². The Morgan fingerprint density at radius 3 is 1.97 bits per heavy atom. The van der Waals surface area contributed by atoms with Crippen LogP contribution < -0.4 is 4.74 Å². The summed E-state index contributed by atoms with van der Waals surface area (Å²) in [5.74, 6) is -0.357. The first kappa shape index (κ1) is 25.1. The van der Waals surface area contributed by atoms with Crippen molar-refractivity contribution in [1.29, 1.82) is 0 Å². The van der Waals surface area contributed by atoms with Gasteiger partial charge >= 0.3 is 12.3 Å². The Morgan fingerprint density at radius 2 is 1.47 bits per heavy atom. The van der Waals surface area contributed by atoms with Crippen LogP contribution in [0.2, 0.25) is 0 Å². The monoisotopic (exact) mass is 470 g/mol. The molecule has 0 amide bonds. The third kappa shape index (κ3) is 6.08. The van der Waals surface area contributed by atoms with E-state index in [0.717, 1.165) is 44.4 Å². The molecule has 9 heteroatoms. The van der Waals surface area contributed by atoms with Gasteiger partial charge in [-0.15, -0.1) is 0 Å². The molecule has 0 saturated heterocycles. The first-order valence-corrected chi connectivity index (χ1v) is 11.1. The second-order valence-electron chi connectivity index (χ2n) is 9.11. The van der Waals surface area contributed by atoms with E-state index in [0.29, 0.717) is 23.3 Å². The van der Waals surface area contributed by atoms with Crippen LogP contribution in [0.1, 0.15) is 62.8 Å². The van der Waals surface area contributed by atoms with E-state index >= 15 is 0 Å². The molecule has 2 saturated carbocycles. The van der Waals surface area contributed by atoms with Gasteiger partial charge in [0.05, 0.1) is 0 Å². The van der Waals surface area contributed by atoms with Crippen LogP contribution in [0.5, 0.6) is 5.75 Å². The highest BCUT2D eigenvalue weighted by Crippen LogP contribution is 2.44. The largest absolute Gasteiger partial charge is 0.439 e. The van der Waals surface area contributed by atoms with Crippen molar-refractivity contribution in [1.82, 2.24) is 0 Å². The number of benzene rings is 1. The minimum absolute atomic E-state index is 0.0456. The fraction of sp³-hybridized carbons (Fsp3) is 0.739. The van der Waals surface area contributed by atoms with Crippen molar-refractivity contribution < 1.29 is 40.2 Å². The van der Waals surface area contributed by atoms with Crippen LogP contribution >= 0.6 is 0 Å². The summed E-state index contributed by atoms with van der Waals surface area (Å²) in [6.07, 6.45) is -7.21. The maximum atomic E-state index is 14.3. The highest BCUT2D eigenvalue weighted by molar-refractivity contribution is 5.32. The third-order valence-corrected chi connectivity index (χ3v) is 6.99. The minimum atomic E-state index is -5.82. The molecule has 1 unspecified atom stereocenters. The average molecular weight is 470 g/mol. The van der Waals surface area contributed by atoms with Gasteiger partial charge < -0.3 is 9.47 Å². The predicted molar refractivity (Wildman–Crippen MR) is 105 cm³/mol. The average Bonchev–Trinajstić information content (AvgIpc) is 2.75. The summed E-state index contributed by atoms with van der Waals surface area (Å²) in [4.78, 5) is 0. The summed E-state index contributed by atoms with van der Waals surface area (Å²) in [6, 6.07) is 3.23. The van der Waals surface area contributed by atoms with Crippen LogP contribution in [0.4, 0.5) is 30.7 Å². The molecule has 3 rings (SSSR count). The molecule has 0 bridgehead atoms. The number of rotatable bonds is 7. The van der Waals surface area contributed by atoms with Crippen molar-refractivity contribution in [2.75, 3.05) is 13.7 Å². The van der Waals surface area contributed by atoms with Crippen LogP contribution in [-0.4, -0.2) is 32.2 Å². The molecule has 1 aromatic rings. The van der Waals surface area contributed by atoms with E-state index < -0.39 is 30.0 Å². The van der Waals surface area contributed by atoms with Gasteiger partial charge in [0.1, 0.15) is 0 Å². The lowest BCUT2D eigenvalue weighted by molar-refractivity contribution is -0.305. The van der Waals surface area contributed by atoms with E-state index in [-0.39, 0.29) is 5.92 Å². The van der Waals surface area contributed by atoms with Crippen molar-refractivity contribution in [3.05, 3.63) is 29.6 Å². The SMILES string of the molecule is COCC1CCC(C2CCC(c3ccc(OC(F)(F)C(F)C(F)(F)F)c(F)c3)CC2)CC1. The predicted octanol–water partition coefficient (Wildman–Crippen LogP) is 7.42. The Balaban J connectivity index is 1.55. The maximum absolute atomic E-state index is 14.3. The molecule has 2 nitrogen and oxygen atoms in total. The zero-order valence-corrected chi connectivity index (χ0v) is 17.9. The molecule has 0 aromatic heterocycles. The minimum Gasteiger partial charge on any atom is -0.427 e. The smallest absolute Gasteiger partial charge is 0.427 e. The van der Waals surface area contributed by atoms with E-state index in [1.807, 2.05) is 0 Å². The molecule has 182 valence electrons. The number of hydrogen-bond donors (Lipinski definition) is 0. The Morgan fingerprint density at radius 1 is 0.906 bits per heavy atom. The van der Waals surface area contributed by atoms with Crippen LogP contribution in [-0.2, 0) is 4.74 Å². The third-order valence-electron chi connectivity index (χ3n) is 6.99. The lowest BCUT2D eigenvalue weighted by Gasteiger charge is -2.38. The van der Waals surface area contributed by atoms with E-state index in [4.69, 9.17) is 4.74 Å². The van der Waals surface area contributed by atoms with Crippen LogP contribution in [0.3, 0.4) is 0 Å². The van der Waals surface area contributed by atoms with E-state index in [2.05, 4.69) is 4.74 Å². The Kier molecular flexibility index (Phi) is 7.99. The number of ether oxygens (including phenoxy) is 2. The summed E-state index contributed by atoms with van der Waals surface area (Å²) < 4.78 is 99.9. The standard InChI is InChI=1S/C23H29F7O2/c1-31-13-14-2-4-15(5-3-14)16-6-8-17(9-7-16)18-10-11-20(19(24)12-18)32-23(29,30)21(25)22(26,27)28/h10-12,14-17,21H,2-9,13H2,1H3. The van der Waals surface area contributed by atoms with Gasteiger partial charge in [-0.25, -0.2) is 8.78 Å². The molecule has 2 aliphatic carbocycles. The zero-order valence-electron chi connectivity index (χ0n) is 17.9. The molecular formula is C23H29F7O2. The fourth-order valence-electron chi connectivity index (χ4n) is 5.23. The van der Waals surface area contributed by atoms with E-state index in [1.54, 1.807) is 7.11 Å². The van der Waals surface area contributed by atoms with Gasteiger partial charge in [0.15, 0.2) is 11.6 Å². The Bertz CT molecular complexity index is 736. The first-order valence-electron chi connectivity index (χ1n) is 11.1. The summed E-state index contributed by atoms with van der Waals surface area (Å²) in [5.41, 5.74) is 0.591. The molecule has 0 aliphatic heterocycles. The second-order valence-corrected chi connectivity index (χ2v) is 9.11. The first-order chi connectivity index (χ1) is 15.0. The second kappa shape index (κ2) is 10.2. The fourth-order valence-corrected chi connectivity index (χ4v) is 5.23. The lowest BCUT2D eigenvalue weighted by Crippen LogP contribution is -2.45. The molecule has 0 spiro atoms. The highest BCUT2D eigenvalue weighted by atomic mass is 19.4. The van der Waals surface area contributed by atoms with Crippen molar-refractivity contribution in [2.24, 2.45) is 17.8 Å². The number of alkyl halides is 6. The van der Waals surface area contributed by atoms with Crippen LogP contribution in [0.25, 0.3) is 0 Å². The topological polar surface area (TPSA) is 18.5 Å². The zero-order chi connectivity index (χ0) is 23.5. The molecule has 0 heterocycles.